The molecule has 0 atom stereocenters. The molecular formula is C11H13N3OS. The molecule has 5 heteroatoms. The lowest BCUT2D eigenvalue weighted by atomic mass is 9.98. The van der Waals surface area contributed by atoms with Crippen LogP contribution in [0.1, 0.15) is 24.7 Å². The highest BCUT2D eigenvalue weighted by Crippen LogP contribution is 2.27. The molecule has 0 aliphatic carbocycles. The number of nitrogens with one attached hydrogen (secondary N) is 1. The van der Waals surface area contributed by atoms with E-state index in [4.69, 9.17) is 4.52 Å². The fraction of sp³-hybridized carbons (Fsp3) is 0.455. The van der Waals surface area contributed by atoms with Gasteiger partial charge in [0.25, 0.3) is 0 Å². The molecule has 0 unspecified atom stereocenters. The molecular weight excluding hydrogens is 222 g/mol. The van der Waals surface area contributed by atoms with Crippen molar-refractivity contribution in [1.29, 1.82) is 0 Å². The Morgan fingerprint density at radius 3 is 3.00 bits per heavy atom. The summed E-state index contributed by atoms with van der Waals surface area (Å²) in [4.78, 5) is 5.55. The Kier molecular flexibility index (Phi) is 2.71. The number of rotatable bonds is 2. The molecule has 2 aromatic heterocycles. The second-order valence-corrected chi connectivity index (χ2v) is 4.91. The highest BCUT2D eigenvalue weighted by molar-refractivity contribution is 7.13. The molecule has 0 spiro atoms. The van der Waals surface area contributed by atoms with Gasteiger partial charge in [-0.3, -0.25) is 0 Å². The zero-order valence-corrected chi connectivity index (χ0v) is 9.67. The van der Waals surface area contributed by atoms with Crippen LogP contribution in [0.5, 0.6) is 0 Å². The molecule has 1 N–H and O–H groups in total. The molecule has 3 heterocycles. The van der Waals surface area contributed by atoms with Gasteiger partial charge < -0.3 is 9.84 Å². The van der Waals surface area contributed by atoms with Crippen molar-refractivity contribution in [2.45, 2.75) is 18.8 Å². The molecule has 1 fully saturated rings. The minimum Gasteiger partial charge on any atom is -0.339 e. The molecule has 0 bridgehead atoms. The maximum absolute atomic E-state index is 5.35. The highest BCUT2D eigenvalue weighted by Gasteiger charge is 2.21. The Labute approximate surface area is 97.7 Å². The normalized spacial score (nSPS) is 17.8. The molecule has 1 saturated heterocycles. The van der Waals surface area contributed by atoms with Crippen LogP contribution < -0.4 is 5.32 Å². The smallest absolute Gasteiger partial charge is 0.230 e. The monoisotopic (exact) mass is 235 g/mol. The van der Waals surface area contributed by atoms with Gasteiger partial charge >= 0.3 is 0 Å². The maximum Gasteiger partial charge on any atom is 0.230 e. The fourth-order valence-corrected chi connectivity index (χ4v) is 2.62. The zero-order valence-electron chi connectivity index (χ0n) is 8.85. The van der Waals surface area contributed by atoms with Gasteiger partial charge in [0.1, 0.15) is 0 Å². The van der Waals surface area contributed by atoms with Gasteiger partial charge in [0.2, 0.25) is 11.7 Å². The van der Waals surface area contributed by atoms with Crippen LogP contribution in [0.4, 0.5) is 0 Å². The third-order valence-electron chi connectivity index (χ3n) is 2.87. The van der Waals surface area contributed by atoms with E-state index < -0.39 is 0 Å². The van der Waals surface area contributed by atoms with Crippen LogP contribution in [0.2, 0.25) is 0 Å². The van der Waals surface area contributed by atoms with E-state index in [0.29, 0.717) is 5.92 Å². The van der Waals surface area contributed by atoms with E-state index >= 15 is 0 Å². The molecule has 0 amide bonds. The summed E-state index contributed by atoms with van der Waals surface area (Å²) in [5.74, 6) is 1.95. The second-order valence-electron chi connectivity index (χ2n) is 3.96. The summed E-state index contributed by atoms with van der Waals surface area (Å²) in [5, 5.41) is 9.39. The number of aromatic nitrogens is 2. The zero-order chi connectivity index (χ0) is 10.8. The quantitative estimate of drug-likeness (QED) is 0.867. The average Bonchev–Trinajstić information content (AvgIpc) is 3.01. The molecule has 1 aliphatic heterocycles. The Hall–Kier alpha value is -1.20. The predicted molar refractivity (Wildman–Crippen MR) is 62.5 cm³/mol. The standard InChI is InChI=1S/C11H13N3OS/c1-2-9(16-7-1)10-13-11(15-14-10)8-3-5-12-6-4-8/h1-2,7-8,12H,3-6H2. The van der Waals surface area contributed by atoms with Crippen LogP contribution in [0.25, 0.3) is 10.7 Å². The summed E-state index contributed by atoms with van der Waals surface area (Å²) < 4.78 is 5.35. The Morgan fingerprint density at radius 2 is 2.25 bits per heavy atom. The van der Waals surface area contributed by atoms with Gasteiger partial charge in [0, 0.05) is 5.92 Å². The van der Waals surface area contributed by atoms with Crippen LogP contribution >= 0.6 is 11.3 Å². The van der Waals surface area contributed by atoms with Gasteiger partial charge in [-0.25, -0.2) is 0 Å². The molecule has 0 saturated carbocycles. The lowest BCUT2D eigenvalue weighted by Crippen LogP contribution is -2.26. The first-order valence-electron chi connectivity index (χ1n) is 5.51. The lowest BCUT2D eigenvalue weighted by molar-refractivity contribution is 0.320. The van der Waals surface area contributed by atoms with E-state index in [2.05, 4.69) is 15.5 Å². The van der Waals surface area contributed by atoms with Crippen LogP contribution in [0, 0.1) is 0 Å². The second kappa shape index (κ2) is 4.35. The highest BCUT2D eigenvalue weighted by atomic mass is 32.1. The van der Waals surface area contributed by atoms with E-state index in [9.17, 15) is 0 Å². The Morgan fingerprint density at radius 1 is 1.38 bits per heavy atom. The number of piperidine rings is 1. The van der Waals surface area contributed by atoms with Crippen LogP contribution in [-0.2, 0) is 0 Å². The van der Waals surface area contributed by atoms with E-state index in [1.807, 2.05) is 17.5 Å². The molecule has 1 aliphatic rings. The van der Waals surface area contributed by atoms with Crippen molar-refractivity contribution < 1.29 is 4.52 Å². The van der Waals surface area contributed by atoms with E-state index in [-0.39, 0.29) is 0 Å². The third kappa shape index (κ3) is 1.88. The van der Waals surface area contributed by atoms with Crippen molar-refractivity contribution in [2.24, 2.45) is 0 Å². The van der Waals surface area contributed by atoms with Crippen LogP contribution in [-0.4, -0.2) is 23.2 Å². The predicted octanol–water partition coefficient (Wildman–Crippen LogP) is 2.27. The number of thiophene rings is 1. The van der Waals surface area contributed by atoms with Crippen molar-refractivity contribution in [1.82, 2.24) is 15.5 Å². The maximum atomic E-state index is 5.35. The van der Waals surface area contributed by atoms with Gasteiger partial charge in [-0.05, 0) is 37.4 Å². The summed E-state index contributed by atoms with van der Waals surface area (Å²) in [6.45, 7) is 2.09. The van der Waals surface area contributed by atoms with Gasteiger partial charge in [-0.1, -0.05) is 11.2 Å². The molecule has 16 heavy (non-hydrogen) atoms. The van der Waals surface area contributed by atoms with Crippen molar-refractivity contribution in [3.05, 3.63) is 23.4 Å². The summed E-state index contributed by atoms with van der Waals surface area (Å²) in [5.41, 5.74) is 0. The van der Waals surface area contributed by atoms with Crippen molar-refractivity contribution in [3.8, 4) is 10.7 Å². The minimum absolute atomic E-state index is 0.433. The minimum atomic E-state index is 0.433. The van der Waals surface area contributed by atoms with Gasteiger partial charge in [-0.15, -0.1) is 11.3 Å². The topological polar surface area (TPSA) is 51.0 Å². The van der Waals surface area contributed by atoms with Gasteiger partial charge in [0.15, 0.2) is 0 Å². The first-order chi connectivity index (χ1) is 7.93. The largest absolute Gasteiger partial charge is 0.339 e. The van der Waals surface area contributed by atoms with Gasteiger partial charge in [0.05, 0.1) is 4.88 Å². The summed E-state index contributed by atoms with van der Waals surface area (Å²) >= 11 is 1.64. The van der Waals surface area contributed by atoms with E-state index in [0.717, 1.165) is 42.5 Å². The summed E-state index contributed by atoms with van der Waals surface area (Å²) in [7, 11) is 0. The molecule has 84 valence electrons. The van der Waals surface area contributed by atoms with Crippen LogP contribution in [0.3, 0.4) is 0 Å². The first kappa shape index (κ1) is 9.99. The summed E-state index contributed by atoms with van der Waals surface area (Å²) in [6, 6.07) is 4.02. The average molecular weight is 235 g/mol. The SMILES string of the molecule is c1csc(-c2noc(C3CCNCC3)n2)c1. The Bertz CT molecular complexity index is 446. The fourth-order valence-electron chi connectivity index (χ4n) is 1.98. The van der Waals surface area contributed by atoms with Gasteiger partial charge in [-0.2, -0.15) is 4.98 Å². The summed E-state index contributed by atoms with van der Waals surface area (Å²) in [6.07, 6.45) is 2.18. The lowest BCUT2D eigenvalue weighted by Gasteiger charge is -2.18. The van der Waals surface area contributed by atoms with E-state index in [1.54, 1.807) is 11.3 Å². The first-order valence-corrected chi connectivity index (χ1v) is 6.39. The molecule has 3 rings (SSSR count). The number of hydrogen-bond donors (Lipinski definition) is 1. The molecule has 4 nitrogen and oxygen atoms in total. The molecule has 0 radical (unpaired) electrons. The number of hydrogen-bond acceptors (Lipinski definition) is 5. The third-order valence-corrected chi connectivity index (χ3v) is 3.74. The molecule has 0 aromatic carbocycles. The van der Waals surface area contributed by atoms with E-state index in [1.165, 1.54) is 0 Å². The van der Waals surface area contributed by atoms with Crippen LogP contribution in [0.15, 0.2) is 22.0 Å². The number of nitrogens with zero attached hydrogens (tertiary/aromatic N) is 2. The molecule has 2 aromatic rings. The van der Waals surface area contributed by atoms with Crippen molar-refractivity contribution >= 4 is 11.3 Å². The van der Waals surface area contributed by atoms with Crippen molar-refractivity contribution in [3.63, 3.8) is 0 Å². The Balaban J connectivity index is 1.82. The van der Waals surface area contributed by atoms with Crippen molar-refractivity contribution in [2.75, 3.05) is 13.1 Å².